The summed E-state index contributed by atoms with van der Waals surface area (Å²) < 4.78 is 0.496. The fraction of sp³-hybridized carbons (Fsp3) is 0.500. The summed E-state index contributed by atoms with van der Waals surface area (Å²) in [5.74, 6) is 0. The topological polar surface area (TPSA) is 36.2 Å². The maximum atomic E-state index is 6.90. The third-order valence-corrected chi connectivity index (χ3v) is 1.22. The first kappa shape index (κ1) is 8.30. The van der Waals surface area contributed by atoms with Crippen molar-refractivity contribution in [2.75, 3.05) is 6.54 Å². The summed E-state index contributed by atoms with van der Waals surface area (Å²) in [4.78, 5) is 3.83. The van der Waals surface area contributed by atoms with Crippen LogP contribution in [0.5, 0.6) is 0 Å². The summed E-state index contributed by atoms with van der Waals surface area (Å²) in [6, 6.07) is 0. The van der Waals surface area contributed by atoms with Gasteiger partial charge in [0.05, 0.1) is 9.74 Å². The first-order valence-corrected chi connectivity index (χ1v) is 3.79. The molecule has 0 aromatic rings. The van der Waals surface area contributed by atoms with Gasteiger partial charge in [-0.1, -0.05) is 0 Å². The molecule has 0 saturated carbocycles. The molecule has 0 unspecified atom stereocenters. The smallest absolute Gasteiger partial charge is 0.0758 e. The van der Waals surface area contributed by atoms with Crippen LogP contribution in [0, 0.1) is 5.41 Å². The summed E-state index contributed by atoms with van der Waals surface area (Å²) in [7, 11) is 0. The summed E-state index contributed by atoms with van der Waals surface area (Å²) in [6.45, 7) is 0.676. The third kappa shape index (κ3) is 6.30. The van der Waals surface area contributed by atoms with Gasteiger partial charge in [0.15, 0.2) is 0 Å². The quantitative estimate of drug-likeness (QED) is 0.736. The van der Waals surface area contributed by atoms with E-state index in [0.29, 0.717) is 17.6 Å². The molecule has 0 aromatic heterocycles. The van der Waals surface area contributed by atoms with E-state index in [1.165, 1.54) is 0 Å². The molecule has 4 heteroatoms. The number of rotatable bonds is 3. The normalized spacial score (nSPS) is 10.2. The van der Waals surface area contributed by atoms with Crippen LogP contribution >= 0.6 is 31.9 Å². The van der Waals surface area contributed by atoms with Gasteiger partial charge in [0.25, 0.3) is 0 Å². The molecule has 0 amide bonds. The molecule has 46 valence electrons. The fourth-order valence-electron chi connectivity index (χ4n) is 0.212. The first-order chi connectivity index (χ1) is 3.77. The van der Waals surface area contributed by atoms with Crippen LogP contribution in [0.3, 0.4) is 0 Å². The van der Waals surface area contributed by atoms with Crippen LogP contribution in [0.1, 0.15) is 6.42 Å². The Labute approximate surface area is 65.1 Å². The zero-order chi connectivity index (χ0) is 6.41. The maximum absolute atomic E-state index is 6.90. The molecule has 0 aliphatic rings. The largest absolute Gasteiger partial charge is 0.298 e. The Bertz CT molecular complexity index is 100. The molecular formula is C4H6Br2N2. The standard InChI is InChI=1S/C4H6Br2N2/c5-3-8-2-1-4(6)7/h3,7H,1-2H2. The summed E-state index contributed by atoms with van der Waals surface area (Å²) in [6.07, 6.45) is 0.683. The first-order valence-electron chi connectivity index (χ1n) is 2.09. The highest BCUT2D eigenvalue weighted by atomic mass is 79.9. The second kappa shape index (κ2) is 5.44. The van der Waals surface area contributed by atoms with Gasteiger partial charge in [0, 0.05) is 13.0 Å². The molecule has 0 aliphatic carbocycles. The molecule has 0 spiro atoms. The number of hydrogen-bond acceptors (Lipinski definition) is 2. The van der Waals surface area contributed by atoms with Crippen molar-refractivity contribution in [1.82, 2.24) is 0 Å². The van der Waals surface area contributed by atoms with Crippen molar-refractivity contribution >= 4 is 41.6 Å². The zero-order valence-electron chi connectivity index (χ0n) is 4.19. The van der Waals surface area contributed by atoms with E-state index < -0.39 is 0 Å². The molecule has 0 fully saturated rings. The van der Waals surface area contributed by atoms with Crippen LogP contribution in [0.25, 0.3) is 0 Å². The van der Waals surface area contributed by atoms with E-state index in [0.717, 1.165) is 0 Å². The highest BCUT2D eigenvalue weighted by molar-refractivity contribution is 9.18. The molecule has 0 aliphatic heterocycles. The summed E-state index contributed by atoms with van der Waals surface area (Å²) >= 11 is 6.02. The van der Waals surface area contributed by atoms with Gasteiger partial charge in [-0.2, -0.15) is 0 Å². The van der Waals surface area contributed by atoms with Gasteiger partial charge in [-0.25, -0.2) is 0 Å². The van der Waals surface area contributed by atoms with Gasteiger partial charge in [0.1, 0.15) is 0 Å². The number of aliphatic imine (C=N–C) groups is 1. The molecule has 0 bridgehead atoms. The van der Waals surface area contributed by atoms with E-state index in [1.54, 1.807) is 5.12 Å². The molecule has 0 radical (unpaired) electrons. The van der Waals surface area contributed by atoms with Crippen molar-refractivity contribution in [2.24, 2.45) is 4.99 Å². The SMILES string of the molecule is N=C(Br)CCN=CBr. The van der Waals surface area contributed by atoms with Crippen molar-refractivity contribution in [3.8, 4) is 0 Å². The highest BCUT2D eigenvalue weighted by Crippen LogP contribution is 1.91. The van der Waals surface area contributed by atoms with Gasteiger partial charge in [0.2, 0.25) is 0 Å². The van der Waals surface area contributed by atoms with Crippen molar-refractivity contribution in [3.63, 3.8) is 0 Å². The maximum Gasteiger partial charge on any atom is 0.0758 e. The van der Waals surface area contributed by atoms with Gasteiger partial charge < -0.3 is 0 Å². The molecule has 0 atom stereocenters. The average Bonchev–Trinajstić information content (AvgIpc) is 1.66. The molecule has 0 heterocycles. The van der Waals surface area contributed by atoms with Gasteiger partial charge in [-0.05, 0) is 31.9 Å². The monoisotopic (exact) mass is 240 g/mol. The molecule has 8 heavy (non-hydrogen) atoms. The summed E-state index contributed by atoms with van der Waals surface area (Å²) in [5.41, 5.74) is 0. The third-order valence-electron chi connectivity index (χ3n) is 0.529. The molecular weight excluding hydrogens is 236 g/mol. The lowest BCUT2D eigenvalue weighted by atomic mass is 10.5. The van der Waals surface area contributed by atoms with Gasteiger partial charge >= 0.3 is 0 Å². The predicted octanol–water partition coefficient (Wildman–Crippen LogP) is 2.17. The lowest BCUT2D eigenvalue weighted by molar-refractivity contribution is 1.06. The highest BCUT2D eigenvalue weighted by Gasteiger charge is 1.84. The number of nitrogens with zero attached hydrogens (tertiary/aromatic N) is 1. The van der Waals surface area contributed by atoms with E-state index in [1.807, 2.05) is 0 Å². The van der Waals surface area contributed by atoms with E-state index in [2.05, 4.69) is 36.9 Å². The summed E-state index contributed by atoms with van der Waals surface area (Å²) in [5, 5.41) is 8.46. The van der Waals surface area contributed by atoms with E-state index in [9.17, 15) is 0 Å². The van der Waals surface area contributed by atoms with E-state index >= 15 is 0 Å². The minimum atomic E-state index is 0.496. The van der Waals surface area contributed by atoms with Crippen molar-refractivity contribution < 1.29 is 0 Å². The van der Waals surface area contributed by atoms with Crippen LogP contribution in [0.2, 0.25) is 0 Å². The zero-order valence-corrected chi connectivity index (χ0v) is 7.37. The van der Waals surface area contributed by atoms with Crippen LogP contribution < -0.4 is 0 Å². The van der Waals surface area contributed by atoms with Gasteiger partial charge in [-0.15, -0.1) is 0 Å². The Morgan fingerprint density at radius 3 is 2.75 bits per heavy atom. The second-order valence-corrected chi connectivity index (χ2v) is 2.53. The molecule has 1 N–H and O–H groups in total. The molecule has 2 nitrogen and oxygen atoms in total. The lowest BCUT2D eigenvalue weighted by Gasteiger charge is -1.86. The Balaban J connectivity index is 3.05. The van der Waals surface area contributed by atoms with Crippen LogP contribution in [0.15, 0.2) is 4.99 Å². The minimum absolute atomic E-state index is 0.496. The Morgan fingerprint density at radius 2 is 2.38 bits per heavy atom. The minimum Gasteiger partial charge on any atom is -0.298 e. The molecule has 0 saturated heterocycles. The van der Waals surface area contributed by atoms with Crippen molar-refractivity contribution in [1.29, 1.82) is 5.41 Å². The Kier molecular flexibility index (Phi) is 5.64. The number of nitrogens with one attached hydrogen (secondary N) is 1. The number of hydrogen-bond donors (Lipinski definition) is 1. The Morgan fingerprint density at radius 1 is 1.75 bits per heavy atom. The van der Waals surface area contributed by atoms with Crippen molar-refractivity contribution in [2.45, 2.75) is 6.42 Å². The fourth-order valence-corrected chi connectivity index (χ4v) is 0.594. The predicted molar refractivity (Wildman–Crippen MR) is 43.6 cm³/mol. The Hall–Kier alpha value is 0.300. The van der Waals surface area contributed by atoms with Crippen LogP contribution in [0.4, 0.5) is 0 Å². The number of halogens is 2. The van der Waals surface area contributed by atoms with Crippen LogP contribution in [-0.4, -0.2) is 16.3 Å². The van der Waals surface area contributed by atoms with E-state index in [-0.39, 0.29) is 0 Å². The lowest BCUT2D eigenvalue weighted by Crippen LogP contribution is -1.86. The second-order valence-electron chi connectivity index (χ2n) is 1.16. The average molecular weight is 242 g/mol. The molecule has 0 aromatic carbocycles. The van der Waals surface area contributed by atoms with Crippen molar-refractivity contribution in [3.05, 3.63) is 0 Å². The van der Waals surface area contributed by atoms with Gasteiger partial charge in [-0.3, -0.25) is 10.4 Å². The van der Waals surface area contributed by atoms with E-state index in [4.69, 9.17) is 5.41 Å². The molecule has 0 rings (SSSR count). The van der Waals surface area contributed by atoms with Crippen LogP contribution in [-0.2, 0) is 0 Å².